The second-order valence-corrected chi connectivity index (χ2v) is 5.26. The molecule has 19 heavy (non-hydrogen) atoms. The maximum atomic E-state index is 5.51. The largest absolute Gasteiger partial charge is 0.383 e. The summed E-state index contributed by atoms with van der Waals surface area (Å²) in [5, 5.41) is 7.65. The molecule has 0 atom stereocenters. The lowest BCUT2D eigenvalue weighted by Gasteiger charge is -2.37. The second kappa shape index (κ2) is 6.98. The van der Waals surface area contributed by atoms with E-state index >= 15 is 0 Å². The molecule has 6 heteroatoms. The maximum absolute atomic E-state index is 5.51. The normalized spacial score (nSPS) is 18.6. The summed E-state index contributed by atoms with van der Waals surface area (Å²) in [5.74, 6) is 1.05. The molecule has 0 unspecified atom stereocenters. The number of hydrogen-bond donors (Lipinski definition) is 1. The summed E-state index contributed by atoms with van der Waals surface area (Å²) in [6.07, 6.45) is 4.72. The van der Waals surface area contributed by atoms with Gasteiger partial charge in [-0.25, -0.2) is 4.98 Å². The molecule has 1 fully saturated rings. The third kappa shape index (κ3) is 3.99. The van der Waals surface area contributed by atoms with Gasteiger partial charge in [-0.3, -0.25) is 4.68 Å². The molecule has 0 aliphatic carbocycles. The average molecular weight is 268 g/mol. The lowest BCUT2D eigenvalue weighted by Crippen LogP contribution is -2.42. The van der Waals surface area contributed by atoms with E-state index in [2.05, 4.69) is 15.4 Å². The molecular formula is C13H24N4O2. The average Bonchev–Trinajstić information content (AvgIpc) is 2.81. The Labute approximate surface area is 114 Å². The molecule has 1 aromatic heterocycles. The highest BCUT2D eigenvalue weighted by atomic mass is 16.5. The Bertz CT molecular complexity index is 374. The Hall–Kier alpha value is -0.980. The quantitative estimate of drug-likeness (QED) is 0.725. The number of nitrogens with one attached hydrogen (secondary N) is 1. The van der Waals surface area contributed by atoms with Crippen LogP contribution in [-0.4, -0.2) is 54.8 Å². The maximum Gasteiger partial charge on any atom is 0.138 e. The summed E-state index contributed by atoms with van der Waals surface area (Å²) in [6, 6.07) is 0. The molecule has 0 aromatic carbocycles. The van der Waals surface area contributed by atoms with Crippen LogP contribution in [0.25, 0.3) is 0 Å². The number of aromatic nitrogens is 3. The first kappa shape index (κ1) is 14.4. The molecule has 6 nitrogen and oxygen atoms in total. The molecule has 1 aliphatic heterocycles. The molecule has 108 valence electrons. The van der Waals surface area contributed by atoms with Crippen LogP contribution in [0.2, 0.25) is 0 Å². The van der Waals surface area contributed by atoms with Gasteiger partial charge in [-0.2, -0.15) is 5.10 Å². The van der Waals surface area contributed by atoms with Crippen LogP contribution in [0.4, 0.5) is 0 Å². The van der Waals surface area contributed by atoms with E-state index in [4.69, 9.17) is 9.47 Å². The fraction of sp³-hybridized carbons (Fsp3) is 0.846. The highest BCUT2D eigenvalue weighted by Gasteiger charge is 2.33. The van der Waals surface area contributed by atoms with Crippen LogP contribution in [-0.2, 0) is 22.9 Å². The molecule has 1 aromatic rings. The first-order chi connectivity index (χ1) is 9.26. The van der Waals surface area contributed by atoms with Crippen LogP contribution >= 0.6 is 0 Å². The predicted molar refractivity (Wildman–Crippen MR) is 71.9 cm³/mol. The van der Waals surface area contributed by atoms with Crippen molar-refractivity contribution in [1.29, 1.82) is 0 Å². The monoisotopic (exact) mass is 268 g/mol. The summed E-state index contributed by atoms with van der Waals surface area (Å²) in [5.41, 5.74) is 0.229. The number of rotatable bonds is 7. The van der Waals surface area contributed by atoms with Crippen molar-refractivity contribution < 1.29 is 9.47 Å². The highest BCUT2D eigenvalue weighted by Crippen LogP contribution is 2.33. The van der Waals surface area contributed by atoms with E-state index in [-0.39, 0.29) is 5.41 Å². The number of ether oxygens (including phenoxy) is 2. The van der Waals surface area contributed by atoms with Gasteiger partial charge in [0.15, 0.2) is 0 Å². The first-order valence-corrected chi connectivity index (χ1v) is 6.86. The molecular weight excluding hydrogens is 244 g/mol. The van der Waals surface area contributed by atoms with Crippen LogP contribution in [0.3, 0.4) is 0 Å². The topological polar surface area (TPSA) is 61.2 Å². The van der Waals surface area contributed by atoms with Crippen molar-refractivity contribution in [3.8, 4) is 0 Å². The molecule has 0 saturated carbocycles. The van der Waals surface area contributed by atoms with E-state index < -0.39 is 0 Å². The first-order valence-electron chi connectivity index (χ1n) is 6.86. The summed E-state index contributed by atoms with van der Waals surface area (Å²) in [4.78, 5) is 4.36. The van der Waals surface area contributed by atoms with Crippen molar-refractivity contribution in [2.75, 3.05) is 40.0 Å². The Morgan fingerprint density at radius 3 is 2.89 bits per heavy atom. The Balaban J connectivity index is 1.96. The van der Waals surface area contributed by atoms with E-state index in [1.165, 1.54) is 0 Å². The predicted octanol–water partition coefficient (Wildman–Crippen LogP) is 0.390. The minimum absolute atomic E-state index is 0.229. The smallest absolute Gasteiger partial charge is 0.138 e. The Morgan fingerprint density at radius 2 is 2.26 bits per heavy atom. The zero-order valence-corrected chi connectivity index (χ0v) is 11.9. The Kier molecular flexibility index (Phi) is 5.30. The van der Waals surface area contributed by atoms with Crippen LogP contribution in [0, 0.1) is 5.41 Å². The van der Waals surface area contributed by atoms with Crippen molar-refractivity contribution in [2.45, 2.75) is 19.3 Å². The summed E-state index contributed by atoms with van der Waals surface area (Å²) in [6.45, 7) is 4.29. The fourth-order valence-electron chi connectivity index (χ4n) is 2.56. The lowest BCUT2D eigenvalue weighted by atomic mass is 9.77. The van der Waals surface area contributed by atoms with Crippen molar-refractivity contribution in [3.63, 3.8) is 0 Å². The lowest BCUT2D eigenvalue weighted by molar-refractivity contribution is 0.0130. The minimum Gasteiger partial charge on any atom is -0.383 e. The molecule has 0 bridgehead atoms. The van der Waals surface area contributed by atoms with Crippen LogP contribution in [0.1, 0.15) is 18.7 Å². The van der Waals surface area contributed by atoms with E-state index in [1.807, 2.05) is 11.7 Å². The molecule has 2 heterocycles. The molecule has 0 amide bonds. The van der Waals surface area contributed by atoms with Gasteiger partial charge in [-0.05, 0) is 18.3 Å². The number of aryl methyl sites for hydroxylation is 1. The number of nitrogens with zero attached hydrogens (tertiary/aromatic N) is 3. The molecule has 2 rings (SSSR count). The summed E-state index contributed by atoms with van der Waals surface area (Å²) >= 11 is 0. The van der Waals surface area contributed by atoms with Crippen molar-refractivity contribution >= 4 is 0 Å². The number of methoxy groups -OCH3 is 1. The third-order valence-corrected chi connectivity index (χ3v) is 3.87. The third-order valence-electron chi connectivity index (χ3n) is 3.87. The van der Waals surface area contributed by atoms with Gasteiger partial charge in [0.1, 0.15) is 12.2 Å². The summed E-state index contributed by atoms with van der Waals surface area (Å²) < 4.78 is 12.4. The zero-order chi connectivity index (χ0) is 13.6. The second-order valence-electron chi connectivity index (χ2n) is 5.26. The van der Waals surface area contributed by atoms with Crippen LogP contribution in [0.15, 0.2) is 6.33 Å². The molecule has 1 saturated heterocycles. The van der Waals surface area contributed by atoms with Gasteiger partial charge in [-0.1, -0.05) is 0 Å². The van der Waals surface area contributed by atoms with Gasteiger partial charge in [0.2, 0.25) is 0 Å². The Morgan fingerprint density at radius 1 is 1.47 bits per heavy atom. The van der Waals surface area contributed by atoms with E-state index in [0.717, 1.165) is 58.0 Å². The van der Waals surface area contributed by atoms with E-state index in [9.17, 15) is 0 Å². The van der Waals surface area contributed by atoms with Gasteiger partial charge >= 0.3 is 0 Å². The van der Waals surface area contributed by atoms with Gasteiger partial charge in [0.05, 0.1) is 6.61 Å². The highest BCUT2D eigenvalue weighted by molar-refractivity contribution is 4.96. The van der Waals surface area contributed by atoms with Crippen molar-refractivity contribution in [1.82, 2.24) is 20.1 Å². The van der Waals surface area contributed by atoms with Crippen molar-refractivity contribution in [2.24, 2.45) is 12.5 Å². The van der Waals surface area contributed by atoms with E-state index in [1.54, 1.807) is 13.4 Å². The van der Waals surface area contributed by atoms with Gasteiger partial charge < -0.3 is 14.8 Å². The van der Waals surface area contributed by atoms with Crippen molar-refractivity contribution in [3.05, 3.63) is 12.2 Å². The standard InChI is InChI=1S/C13H24N4O2/c1-17-12(15-11-16-17)9-13(3-6-19-7-4-13)10-14-5-8-18-2/h11,14H,3-10H2,1-2H3. The van der Waals surface area contributed by atoms with E-state index in [0.29, 0.717) is 0 Å². The zero-order valence-electron chi connectivity index (χ0n) is 11.9. The van der Waals surface area contributed by atoms with Gasteiger partial charge in [0.25, 0.3) is 0 Å². The van der Waals surface area contributed by atoms with Crippen LogP contribution < -0.4 is 5.32 Å². The summed E-state index contributed by atoms with van der Waals surface area (Å²) in [7, 11) is 3.68. The minimum atomic E-state index is 0.229. The van der Waals surface area contributed by atoms with Gasteiger partial charge in [0, 0.05) is 46.9 Å². The molecule has 0 spiro atoms. The van der Waals surface area contributed by atoms with Crippen LogP contribution in [0.5, 0.6) is 0 Å². The molecule has 1 N–H and O–H groups in total. The SMILES string of the molecule is COCCNCC1(Cc2ncnn2C)CCOCC1. The number of hydrogen-bond acceptors (Lipinski definition) is 5. The van der Waals surface area contributed by atoms with Gasteiger partial charge in [-0.15, -0.1) is 0 Å². The fourth-order valence-corrected chi connectivity index (χ4v) is 2.56. The molecule has 0 radical (unpaired) electrons. The molecule has 1 aliphatic rings.